The van der Waals surface area contributed by atoms with E-state index >= 15 is 0 Å². The average Bonchev–Trinajstić information content (AvgIpc) is 3.25. The van der Waals surface area contributed by atoms with E-state index in [1.54, 1.807) is 4.68 Å². The number of aryl methyl sites for hydroxylation is 2. The van der Waals surface area contributed by atoms with Crippen LogP contribution >= 0.6 is 0 Å². The molecule has 0 fully saturated rings. The van der Waals surface area contributed by atoms with Crippen LogP contribution in [0, 0.1) is 0 Å². The standard InChI is InChI=1S/C18H23N7O/c19-18-21-11-15(22-18)7-4-8-16-12-25(24-23-16)13-17(26)20-10-9-14-5-2-1-3-6-14/h1-3,5-6,11-12H,4,7-10,13H2,(H,20,26)(H3,19,21,22). The maximum absolute atomic E-state index is 12.0. The first-order chi connectivity index (χ1) is 12.7. The molecule has 1 aromatic carbocycles. The highest BCUT2D eigenvalue weighted by Gasteiger charge is 2.07. The summed E-state index contributed by atoms with van der Waals surface area (Å²) >= 11 is 0. The minimum absolute atomic E-state index is 0.0654. The molecule has 8 nitrogen and oxygen atoms in total. The molecule has 0 saturated carbocycles. The molecule has 3 rings (SSSR count). The van der Waals surface area contributed by atoms with Crippen molar-refractivity contribution < 1.29 is 4.79 Å². The lowest BCUT2D eigenvalue weighted by Crippen LogP contribution is -2.29. The Morgan fingerprint density at radius 2 is 1.96 bits per heavy atom. The van der Waals surface area contributed by atoms with E-state index in [1.807, 2.05) is 42.7 Å². The number of anilines is 1. The molecule has 26 heavy (non-hydrogen) atoms. The Hall–Kier alpha value is -3.16. The molecular formula is C18H23N7O. The largest absolute Gasteiger partial charge is 0.369 e. The van der Waals surface area contributed by atoms with Crippen LogP contribution in [0.15, 0.2) is 42.7 Å². The number of rotatable bonds is 9. The van der Waals surface area contributed by atoms with E-state index in [4.69, 9.17) is 5.73 Å². The maximum atomic E-state index is 12.0. The summed E-state index contributed by atoms with van der Waals surface area (Å²) in [5, 5.41) is 11.0. The number of nitrogens with two attached hydrogens (primary N) is 1. The molecule has 1 amide bonds. The first kappa shape index (κ1) is 17.7. The van der Waals surface area contributed by atoms with Crippen LogP contribution in [0.4, 0.5) is 5.95 Å². The van der Waals surface area contributed by atoms with E-state index in [-0.39, 0.29) is 12.5 Å². The van der Waals surface area contributed by atoms with Crippen LogP contribution in [-0.2, 0) is 30.6 Å². The van der Waals surface area contributed by atoms with Gasteiger partial charge in [0, 0.05) is 18.9 Å². The molecule has 136 valence electrons. The lowest BCUT2D eigenvalue weighted by atomic mass is 10.1. The highest BCUT2D eigenvalue weighted by Crippen LogP contribution is 2.05. The van der Waals surface area contributed by atoms with Gasteiger partial charge in [-0.05, 0) is 31.2 Å². The second kappa shape index (κ2) is 8.80. The molecule has 8 heteroatoms. The molecule has 0 spiro atoms. The fraction of sp³-hybridized carbons (Fsp3) is 0.333. The van der Waals surface area contributed by atoms with Crippen molar-refractivity contribution in [3.05, 3.63) is 59.7 Å². The van der Waals surface area contributed by atoms with Gasteiger partial charge in [-0.2, -0.15) is 0 Å². The summed E-state index contributed by atoms with van der Waals surface area (Å²) in [6, 6.07) is 10.1. The third-order valence-corrected chi connectivity index (χ3v) is 3.99. The van der Waals surface area contributed by atoms with Crippen molar-refractivity contribution in [2.45, 2.75) is 32.2 Å². The number of carbonyl (C=O) groups is 1. The molecule has 0 unspecified atom stereocenters. The van der Waals surface area contributed by atoms with Crippen molar-refractivity contribution in [3.63, 3.8) is 0 Å². The van der Waals surface area contributed by atoms with Crippen LogP contribution in [-0.4, -0.2) is 37.4 Å². The second-order valence-corrected chi connectivity index (χ2v) is 6.12. The Labute approximate surface area is 151 Å². The monoisotopic (exact) mass is 353 g/mol. The van der Waals surface area contributed by atoms with Gasteiger partial charge in [0.25, 0.3) is 0 Å². The summed E-state index contributed by atoms with van der Waals surface area (Å²) in [6.45, 7) is 0.787. The lowest BCUT2D eigenvalue weighted by molar-refractivity contribution is -0.121. The third-order valence-electron chi connectivity index (χ3n) is 3.99. The van der Waals surface area contributed by atoms with Crippen molar-refractivity contribution in [1.29, 1.82) is 0 Å². The first-order valence-corrected chi connectivity index (χ1v) is 8.68. The van der Waals surface area contributed by atoms with Gasteiger partial charge < -0.3 is 16.0 Å². The van der Waals surface area contributed by atoms with E-state index < -0.39 is 0 Å². The van der Waals surface area contributed by atoms with Gasteiger partial charge in [-0.15, -0.1) is 5.10 Å². The minimum Gasteiger partial charge on any atom is -0.369 e. The van der Waals surface area contributed by atoms with Crippen molar-refractivity contribution in [3.8, 4) is 0 Å². The molecule has 0 aliphatic heterocycles. The van der Waals surface area contributed by atoms with Gasteiger partial charge in [-0.25, -0.2) is 9.67 Å². The van der Waals surface area contributed by atoms with Gasteiger partial charge >= 0.3 is 0 Å². The summed E-state index contributed by atoms with van der Waals surface area (Å²) in [7, 11) is 0. The van der Waals surface area contributed by atoms with Crippen LogP contribution in [0.25, 0.3) is 0 Å². The summed E-state index contributed by atoms with van der Waals surface area (Å²) in [6.07, 6.45) is 6.93. The van der Waals surface area contributed by atoms with E-state index in [1.165, 1.54) is 5.56 Å². The molecule has 0 radical (unpaired) electrons. The second-order valence-electron chi connectivity index (χ2n) is 6.12. The number of hydrogen-bond acceptors (Lipinski definition) is 5. The van der Waals surface area contributed by atoms with Gasteiger partial charge in [-0.3, -0.25) is 4.79 Å². The van der Waals surface area contributed by atoms with Crippen LogP contribution in [0.1, 0.15) is 23.4 Å². The van der Waals surface area contributed by atoms with E-state index in [0.717, 1.165) is 37.1 Å². The number of aromatic amines is 1. The summed E-state index contributed by atoms with van der Waals surface area (Å²) in [5.74, 6) is 0.369. The highest BCUT2D eigenvalue weighted by molar-refractivity contribution is 5.75. The smallest absolute Gasteiger partial charge is 0.241 e. The molecular weight excluding hydrogens is 330 g/mol. The predicted octanol–water partition coefficient (Wildman–Crippen LogP) is 1.12. The number of benzene rings is 1. The first-order valence-electron chi connectivity index (χ1n) is 8.68. The van der Waals surface area contributed by atoms with Crippen LogP contribution in [0.5, 0.6) is 0 Å². The predicted molar refractivity (Wildman–Crippen MR) is 98.2 cm³/mol. The summed E-state index contributed by atoms with van der Waals surface area (Å²) < 4.78 is 1.57. The molecule has 0 aliphatic rings. The minimum atomic E-state index is -0.0654. The van der Waals surface area contributed by atoms with Gasteiger partial charge in [0.1, 0.15) is 6.54 Å². The molecule has 2 heterocycles. The zero-order valence-electron chi connectivity index (χ0n) is 14.6. The Morgan fingerprint density at radius 1 is 1.15 bits per heavy atom. The Bertz CT molecular complexity index is 825. The molecule has 0 aliphatic carbocycles. The van der Waals surface area contributed by atoms with Crippen LogP contribution in [0.3, 0.4) is 0 Å². The van der Waals surface area contributed by atoms with Crippen molar-refractivity contribution >= 4 is 11.9 Å². The Balaban J connectivity index is 1.36. The summed E-state index contributed by atoms with van der Waals surface area (Å²) in [5.41, 5.74) is 8.56. The number of nitrogens with zero attached hydrogens (tertiary/aromatic N) is 4. The molecule has 0 saturated heterocycles. The van der Waals surface area contributed by atoms with E-state index in [2.05, 4.69) is 25.6 Å². The molecule has 0 bridgehead atoms. The molecule has 4 N–H and O–H groups in total. The number of hydrogen-bond donors (Lipinski definition) is 3. The Morgan fingerprint density at radius 3 is 2.73 bits per heavy atom. The van der Waals surface area contributed by atoms with Gasteiger partial charge in [0.05, 0.1) is 11.4 Å². The number of H-pyrrole nitrogens is 1. The fourth-order valence-corrected chi connectivity index (χ4v) is 2.68. The van der Waals surface area contributed by atoms with Gasteiger partial charge in [0.2, 0.25) is 5.91 Å². The molecule has 0 atom stereocenters. The topological polar surface area (TPSA) is 115 Å². The van der Waals surface area contributed by atoms with E-state index in [9.17, 15) is 4.79 Å². The maximum Gasteiger partial charge on any atom is 0.241 e. The average molecular weight is 353 g/mol. The third kappa shape index (κ3) is 5.44. The van der Waals surface area contributed by atoms with Gasteiger partial charge in [-0.1, -0.05) is 35.5 Å². The zero-order chi connectivity index (χ0) is 18.2. The number of carbonyl (C=O) groups excluding carboxylic acids is 1. The van der Waals surface area contributed by atoms with E-state index in [0.29, 0.717) is 12.5 Å². The van der Waals surface area contributed by atoms with Crippen LogP contribution < -0.4 is 11.1 Å². The van der Waals surface area contributed by atoms with Gasteiger partial charge in [0.15, 0.2) is 5.95 Å². The quantitative estimate of drug-likeness (QED) is 0.533. The number of nitrogen functional groups attached to an aromatic ring is 1. The number of amides is 1. The van der Waals surface area contributed by atoms with Crippen LogP contribution in [0.2, 0.25) is 0 Å². The number of aromatic nitrogens is 5. The number of imidazole rings is 1. The summed E-state index contributed by atoms with van der Waals surface area (Å²) in [4.78, 5) is 19.0. The SMILES string of the molecule is Nc1nc(CCCc2cn(CC(=O)NCCc3ccccc3)nn2)c[nH]1. The fourth-order valence-electron chi connectivity index (χ4n) is 2.68. The van der Waals surface area contributed by atoms with Crippen molar-refractivity contribution in [1.82, 2.24) is 30.3 Å². The molecule has 3 aromatic rings. The van der Waals surface area contributed by atoms with Crippen molar-refractivity contribution in [2.24, 2.45) is 0 Å². The normalized spacial score (nSPS) is 10.8. The highest BCUT2D eigenvalue weighted by atomic mass is 16.2. The molecule has 2 aromatic heterocycles. The zero-order valence-corrected chi connectivity index (χ0v) is 14.6. The van der Waals surface area contributed by atoms with Crippen molar-refractivity contribution in [2.75, 3.05) is 12.3 Å². The lowest BCUT2D eigenvalue weighted by Gasteiger charge is -2.05. The number of nitrogens with one attached hydrogen (secondary N) is 2. The Kier molecular flexibility index (Phi) is 5.97.